The Morgan fingerprint density at radius 3 is 2.56 bits per heavy atom. The molecule has 0 aliphatic rings. The Morgan fingerprint density at radius 2 is 1.85 bits per heavy atom. The summed E-state index contributed by atoms with van der Waals surface area (Å²) in [6.07, 6.45) is 1.68. The lowest BCUT2D eigenvalue weighted by Gasteiger charge is -2.17. The van der Waals surface area contributed by atoms with Gasteiger partial charge in [0.05, 0.1) is 16.8 Å². The van der Waals surface area contributed by atoms with Crippen LogP contribution in [0.3, 0.4) is 0 Å². The molecule has 1 unspecified atom stereocenters. The SMILES string of the molecule is CC(C)Oc1ccc2c(=O)n(C(C)C(=O)Nc3ccccc3Cl)ccc2c1. The van der Waals surface area contributed by atoms with Gasteiger partial charge in [-0.2, -0.15) is 0 Å². The van der Waals surface area contributed by atoms with Crippen molar-refractivity contribution in [3.8, 4) is 5.75 Å². The lowest BCUT2D eigenvalue weighted by Crippen LogP contribution is -2.31. The highest BCUT2D eigenvalue weighted by Crippen LogP contribution is 2.23. The smallest absolute Gasteiger partial charge is 0.259 e. The Bertz CT molecular complexity index is 1040. The number of nitrogens with zero attached hydrogens (tertiary/aromatic N) is 1. The molecule has 1 amide bonds. The number of anilines is 1. The predicted molar refractivity (Wildman–Crippen MR) is 109 cm³/mol. The van der Waals surface area contributed by atoms with Gasteiger partial charge in [0, 0.05) is 11.6 Å². The summed E-state index contributed by atoms with van der Waals surface area (Å²) in [5.41, 5.74) is 0.283. The highest BCUT2D eigenvalue weighted by molar-refractivity contribution is 6.33. The highest BCUT2D eigenvalue weighted by Gasteiger charge is 2.18. The molecule has 0 saturated carbocycles. The first kappa shape index (κ1) is 19.0. The van der Waals surface area contributed by atoms with Crippen LogP contribution in [0.25, 0.3) is 10.8 Å². The van der Waals surface area contributed by atoms with Crippen molar-refractivity contribution in [3.63, 3.8) is 0 Å². The van der Waals surface area contributed by atoms with Gasteiger partial charge in [-0.1, -0.05) is 23.7 Å². The van der Waals surface area contributed by atoms with Crippen molar-refractivity contribution < 1.29 is 9.53 Å². The first-order chi connectivity index (χ1) is 12.9. The van der Waals surface area contributed by atoms with E-state index in [1.807, 2.05) is 26.0 Å². The van der Waals surface area contributed by atoms with E-state index in [2.05, 4.69) is 5.32 Å². The van der Waals surface area contributed by atoms with Gasteiger partial charge in [-0.05, 0) is 62.6 Å². The Labute approximate surface area is 162 Å². The minimum atomic E-state index is -0.690. The third-order valence-corrected chi connectivity index (χ3v) is 4.53. The number of ether oxygens (including phenoxy) is 1. The number of benzene rings is 2. The maximum absolute atomic E-state index is 12.8. The molecule has 3 rings (SSSR count). The molecule has 140 valence electrons. The zero-order valence-electron chi connectivity index (χ0n) is 15.4. The molecule has 0 aliphatic carbocycles. The molecule has 1 N–H and O–H groups in total. The number of carbonyl (C=O) groups excluding carboxylic acids is 1. The van der Waals surface area contributed by atoms with Crippen LogP contribution in [0, 0.1) is 0 Å². The van der Waals surface area contributed by atoms with Gasteiger partial charge >= 0.3 is 0 Å². The van der Waals surface area contributed by atoms with Gasteiger partial charge in [0.2, 0.25) is 5.91 Å². The second-order valence-corrected chi connectivity index (χ2v) is 7.00. The zero-order valence-corrected chi connectivity index (χ0v) is 16.2. The zero-order chi connectivity index (χ0) is 19.6. The van der Waals surface area contributed by atoms with E-state index < -0.39 is 6.04 Å². The monoisotopic (exact) mass is 384 g/mol. The van der Waals surface area contributed by atoms with Crippen LogP contribution in [0.4, 0.5) is 5.69 Å². The van der Waals surface area contributed by atoms with Crippen LogP contribution in [0.2, 0.25) is 5.02 Å². The molecule has 6 heteroatoms. The van der Waals surface area contributed by atoms with Crippen molar-refractivity contribution in [1.82, 2.24) is 4.57 Å². The number of nitrogens with one attached hydrogen (secondary N) is 1. The van der Waals surface area contributed by atoms with Crippen molar-refractivity contribution in [2.75, 3.05) is 5.32 Å². The third kappa shape index (κ3) is 4.14. The van der Waals surface area contributed by atoms with Crippen molar-refractivity contribution in [2.24, 2.45) is 0 Å². The van der Waals surface area contributed by atoms with Gasteiger partial charge in [0.15, 0.2) is 0 Å². The molecule has 0 fully saturated rings. The van der Waals surface area contributed by atoms with Crippen LogP contribution in [-0.2, 0) is 4.79 Å². The number of halogens is 1. The molecule has 5 nitrogen and oxygen atoms in total. The molecular formula is C21H21ClN2O3. The van der Waals surface area contributed by atoms with Crippen LogP contribution >= 0.6 is 11.6 Å². The molecule has 0 saturated heterocycles. The van der Waals surface area contributed by atoms with Crippen molar-refractivity contribution in [2.45, 2.75) is 32.9 Å². The number of pyridine rings is 1. The van der Waals surface area contributed by atoms with Crippen LogP contribution in [0.5, 0.6) is 5.75 Å². The topological polar surface area (TPSA) is 60.3 Å². The number of hydrogen-bond acceptors (Lipinski definition) is 3. The maximum Gasteiger partial charge on any atom is 0.259 e. The van der Waals surface area contributed by atoms with Crippen LogP contribution in [0.15, 0.2) is 59.5 Å². The summed E-state index contributed by atoms with van der Waals surface area (Å²) in [6.45, 7) is 5.57. The summed E-state index contributed by atoms with van der Waals surface area (Å²) < 4.78 is 7.08. The van der Waals surface area contributed by atoms with E-state index in [9.17, 15) is 9.59 Å². The Hall–Kier alpha value is -2.79. The Kier molecular flexibility index (Phi) is 5.51. The van der Waals surface area contributed by atoms with E-state index in [4.69, 9.17) is 16.3 Å². The number of para-hydroxylation sites is 1. The summed E-state index contributed by atoms with van der Waals surface area (Å²) >= 11 is 6.08. The van der Waals surface area contributed by atoms with E-state index in [0.717, 1.165) is 5.39 Å². The second-order valence-electron chi connectivity index (χ2n) is 6.59. The summed E-state index contributed by atoms with van der Waals surface area (Å²) in [5, 5.41) is 4.51. The van der Waals surface area contributed by atoms with Gasteiger partial charge in [0.1, 0.15) is 11.8 Å². The number of hydrogen-bond donors (Lipinski definition) is 1. The molecule has 0 spiro atoms. The van der Waals surface area contributed by atoms with Gasteiger partial charge in [-0.15, -0.1) is 0 Å². The fraction of sp³-hybridized carbons (Fsp3) is 0.238. The molecular weight excluding hydrogens is 364 g/mol. The van der Waals surface area contributed by atoms with E-state index in [-0.39, 0.29) is 17.6 Å². The summed E-state index contributed by atoms with van der Waals surface area (Å²) in [4.78, 5) is 25.4. The molecule has 0 radical (unpaired) electrons. The van der Waals surface area contributed by atoms with Crippen molar-refractivity contribution in [1.29, 1.82) is 0 Å². The summed E-state index contributed by atoms with van der Waals surface area (Å²) in [5.74, 6) is 0.392. The molecule has 0 aliphatic heterocycles. The van der Waals surface area contributed by atoms with E-state index >= 15 is 0 Å². The first-order valence-corrected chi connectivity index (χ1v) is 9.11. The normalized spacial score (nSPS) is 12.2. The molecule has 1 atom stereocenters. The Balaban J connectivity index is 1.89. The maximum atomic E-state index is 12.8. The minimum Gasteiger partial charge on any atom is -0.491 e. The van der Waals surface area contributed by atoms with E-state index in [0.29, 0.717) is 21.8 Å². The number of rotatable bonds is 5. The van der Waals surface area contributed by atoms with Crippen LogP contribution in [-0.4, -0.2) is 16.6 Å². The van der Waals surface area contributed by atoms with Crippen LogP contribution in [0.1, 0.15) is 26.8 Å². The lowest BCUT2D eigenvalue weighted by atomic mass is 10.1. The molecule has 3 aromatic rings. The summed E-state index contributed by atoms with van der Waals surface area (Å²) in [7, 11) is 0. The minimum absolute atomic E-state index is 0.0522. The summed E-state index contributed by atoms with van der Waals surface area (Å²) in [6, 6.07) is 13.4. The molecule has 1 aromatic heterocycles. The highest BCUT2D eigenvalue weighted by atomic mass is 35.5. The third-order valence-electron chi connectivity index (χ3n) is 4.20. The molecule has 1 heterocycles. The van der Waals surface area contributed by atoms with E-state index in [1.165, 1.54) is 4.57 Å². The average molecular weight is 385 g/mol. The van der Waals surface area contributed by atoms with Crippen LogP contribution < -0.4 is 15.6 Å². The number of carbonyl (C=O) groups is 1. The molecule has 27 heavy (non-hydrogen) atoms. The largest absolute Gasteiger partial charge is 0.491 e. The average Bonchev–Trinajstić information content (AvgIpc) is 2.63. The standard InChI is InChI=1S/C21H21ClN2O3/c1-13(2)27-16-8-9-17-15(12-16)10-11-24(21(17)26)14(3)20(25)23-19-7-5-4-6-18(19)22/h4-14H,1-3H3,(H,23,25). The van der Waals surface area contributed by atoms with Crippen molar-refractivity contribution >= 4 is 34.0 Å². The number of amides is 1. The Morgan fingerprint density at radius 1 is 1.11 bits per heavy atom. The molecule has 2 aromatic carbocycles. The van der Waals surface area contributed by atoms with Crippen molar-refractivity contribution in [3.05, 3.63) is 70.1 Å². The predicted octanol–water partition coefficient (Wildman–Crippen LogP) is 4.64. The quantitative estimate of drug-likeness (QED) is 0.697. The van der Waals surface area contributed by atoms with Gasteiger partial charge < -0.3 is 14.6 Å². The fourth-order valence-corrected chi connectivity index (χ4v) is 3.00. The second kappa shape index (κ2) is 7.84. The lowest BCUT2D eigenvalue weighted by molar-refractivity contribution is -0.118. The van der Waals surface area contributed by atoms with Gasteiger partial charge in [0.25, 0.3) is 5.56 Å². The number of aromatic nitrogens is 1. The fourth-order valence-electron chi connectivity index (χ4n) is 2.82. The van der Waals surface area contributed by atoms with Gasteiger partial charge in [-0.25, -0.2) is 0 Å². The number of fused-ring (bicyclic) bond motifs is 1. The van der Waals surface area contributed by atoms with E-state index in [1.54, 1.807) is 49.5 Å². The van der Waals surface area contributed by atoms with Gasteiger partial charge in [-0.3, -0.25) is 9.59 Å². The first-order valence-electron chi connectivity index (χ1n) is 8.74. The molecule has 0 bridgehead atoms.